The minimum atomic E-state index is -0.0116. The van der Waals surface area contributed by atoms with Crippen LogP contribution in [0.2, 0.25) is 0 Å². The maximum atomic E-state index is 11.9. The zero-order chi connectivity index (χ0) is 14.4. The second-order valence-electron chi connectivity index (χ2n) is 4.51. The van der Waals surface area contributed by atoms with E-state index in [4.69, 9.17) is 4.74 Å². The molecule has 5 heteroatoms. The average Bonchev–Trinajstić information content (AvgIpc) is 2.83. The lowest BCUT2D eigenvalue weighted by Gasteiger charge is -2.09. The van der Waals surface area contributed by atoms with Crippen molar-refractivity contribution in [3.8, 4) is 0 Å². The number of methoxy groups -OCH3 is 1. The molecule has 1 aromatic heterocycles. The Hall–Kier alpha value is -1.72. The number of benzene rings is 1. The average molecular weight is 290 g/mol. The molecule has 4 nitrogen and oxygen atoms in total. The fraction of sp³-hybridized carbons (Fsp3) is 0.333. The number of ether oxygens (including phenoxy) is 1. The van der Waals surface area contributed by atoms with E-state index in [1.54, 1.807) is 18.4 Å². The molecule has 0 saturated heterocycles. The number of rotatable bonds is 6. The summed E-state index contributed by atoms with van der Waals surface area (Å²) in [6.45, 7) is 3.01. The predicted molar refractivity (Wildman–Crippen MR) is 79.6 cm³/mol. The van der Waals surface area contributed by atoms with Crippen LogP contribution < -0.4 is 5.32 Å². The van der Waals surface area contributed by atoms with Gasteiger partial charge in [0.1, 0.15) is 0 Å². The normalized spacial score (nSPS) is 10.5. The van der Waals surface area contributed by atoms with Crippen LogP contribution in [0.1, 0.15) is 21.8 Å². The van der Waals surface area contributed by atoms with Crippen molar-refractivity contribution in [1.82, 2.24) is 10.3 Å². The molecule has 0 unspecified atom stereocenters. The van der Waals surface area contributed by atoms with Crippen molar-refractivity contribution in [2.24, 2.45) is 0 Å². The van der Waals surface area contributed by atoms with Crippen LogP contribution >= 0.6 is 11.3 Å². The van der Waals surface area contributed by atoms with E-state index in [9.17, 15) is 4.79 Å². The summed E-state index contributed by atoms with van der Waals surface area (Å²) in [7, 11) is 1.67. The molecule has 106 valence electrons. The number of amides is 1. The molecular formula is C15H18N2O2S. The second kappa shape index (κ2) is 7.17. The minimum absolute atomic E-state index is 0.0116. The summed E-state index contributed by atoms with van der Waals surface area (Å²) in [5.41, 5.74) is 3.01. The van der Waals surface area contributed by atoms with Crippen LogP contribution in [-0.2, 0) is 29.1 Å². The van der Waals surface area contributed by atoms with E-state index in [0.717, 1.165) is 21.8 Å². The topological polar surface area (TPSA) is 51.2 Å². The van der Waals surface area contributed by atoms with Crippen molar-refractivity contribution in [2.75, 3.05) is 7.11 Å². The summed E-state index contributed by atoms with van der Waals surface area (Å²) in [4.78, 5) is 16.2. The monoisotopic (exact) mass is 290 g/mol. The number of carbonyl (C=O) groups is 1. The molecule has 0 bridgehead atoms. The Balaban J connectivity index is 1.90. The molecule has 2 rings (SSSR count). The van der Waals surface area contributed by atoms with E-state index in [1.165, 1.54) is 0 Å². The van der Waals surface area contributed by atoms with Crippen LogP contribution in [0.3, 0.4) is 0 Å². The summed E-state index contributed by atoms with van der Waals surface area (Å²) in [6.07, 6.45) is 0.330. The zero-order valence-electron chi connectivity index (χ0n) is 11.7. The fourth-order valence-corrected chi connectivity index (χ4v) is 2.55. The number of thiazole rings is 1. The second-order valence-corrected chi connectivity index (χ2v) is 5.58. The fourth-order valence-electron chi connectivity index (χ4n) is 1.94. The standard InChI is InChI=1S/C15H18N2O2S/c1-11-17-14(10-20-11)7-15(18)16-8-12-5-3-4-6-13(12)9-19-2/h3-6,10H,7-9H2,1-2H3,(H,16,18). The van der Waals surface area contributed by atoms with Gasteiger partial charge >= 0.3 is 0 Å². The lowest BCUT2D eigenvalue weighted by atomic mass is 10.1. The van der Waals surface area contributed by atoms with Crippen molar-refractivity contribution in [2.45, 2.75) is 26.5 Å². The number of nitrogens with one attached hydrogen (secondary N) is 1. The lowest BCUT2D eigenvalue weighted by molar-refractivity contribution is -0.120. The molecule has 1 amide bonds. The largest absolute Gasteiger partial charge is 0.380 e. The van der Waals surface area contributed by atoms with Gasteiger partial charge in [-0.3, -0.25) is 4.79 Å². The van der Waals surface area contributed by atoms with Crippen molar-refractivity contribution < 1.29 is 9.53 Å². The molecule has 1 heterocycles. The molecule has 1 N–H and O–H groups in total. The van der Waals surface area contributed by atoms with Gasteiger partial charge in [0.15, 0.2) is 0 Å². The Morgan fingerprint density at radius 1 is 1.35 bits per heavy atom. The molecule has 20 heavy (non-hydrogen) atoms. The number of nitrogens with zero attached hydrogens (tertiary/aromatic N) is 1. The highest BCUT2D eigenvalue weighted by Crippen LogP contribution is 2.11. The van der Waals surface area contributed by atoms with Gasteiger partial charge in [-0.2, -0.15) is 0 Å². The molecule has 0 radical (unpaired) electrons. The van der Waals surface area contributed by atoms with E-state index in [1.807, 2.05) is 36.6 Å². The Labute approximate surface area is 122 Å². The molecule has 2 aromatic rings. The maximum Gasteiger partial charge on any atom is 0.226 e. The minimum Gasteiger partial charge on any atom is -0.380 e. The molecule has 0 spiro atoms. The highest BCUT2D eigenvalue weighted by Gasteiger charge is 2.07. The van der Waals surface area contributed by atoms with Gasteiger partial charge in [-0.05, 0) is 18.1 Å². The summed E-state index contributed by atoms with van der Waals surface area (Å²) in [5, 5.41) is 5.83. The van der Waals surface area contributed by atoms with E-state index in [0.29, 0.717) is 19.6 Å². The van der Waals surface area contributed by atoms with Crippen LogP contribution in [-0.4, -0.2) is 18.0 Å². The quantitative estimate of drug-likeness (QED) is 0.889. The number of hydrogen-bond acceptors (Lipinski definition) is 4. The summed E-state index contributed by atoms with van der Waals surface area (Å²) in [6, 6.07) is 7.94. The van der Waals surface area contributed by atoms with Gasteiger partial charge in [-0.15, -0.1) is 11.3 Å². The molecule has 0 aliphatic heterocycles. The van der Waals surface area contributed by atoms with E-state index in [-0.39, 0.29) is 5.91 Å². The third kappa shape index (κ3) is 4.15. The number of hydrogen-bond donors (Lipinski definition) is 1. The first-order chi connectivity index (χ1) is 9.69. The van der Waals surface area contributed by atoms with Crippen molar-refractivity contribution in [3.05, 3.63) is 51.5 Å². The molecule has 0 aliphatic carbocycles. The Morgan fingerprint density at radius 3 is 2.75 bits per heavy atom. The van der Waals surface area contributed by atoms with Crippen LogP contribution in [0, 0.1) is 6.92 Å². The first kappa shape index (κ1) is 14.7. The SMILES string of the molecule is COCc1ccccc1CNC(=O)Cc1csc(C)n1. The maximum absolute atomic E-state index is 11.9. The predicted octanol–water partition coefficient (Wildman–Crippen LogP) is 2.46. The van der Waals surface area contributed by atoms with E-state index in [2.05, 4.69) is 10.3 Å². The number of aryl methyl sites for hydroxylation is 1. The Kier molecular flexibility index (Phi) is 5.26. The van der Waals surface area contributed by atoms with Crippen molar-refractivity contribution in [1.29, 1.82) is 0 Å². The smallest absolute Gasteiger partial charge is 0.226 e. The van der Waals surface area contributed by atoms with Gasteiger partial charge in [-0.25, -0.2) is 4.98 Å². The van der Waals surface area contributed by atoms with Crippen LogP contribution in [0.15, 0.2) is 29.6 Å². The van der Waals surface area contributed by atoms with Gasteiger partial charge in [0.2, 0.25) is 5.91 Å². The summed E-state index contributed by atoms with van der Waals surface area (Å²) >= 11 is 1.56. The summed E-state index contributed by atoms with van der Waals surface area (Å²) in [5.74, 6) is -0.0116. The third-order valence-electron chi connectivity index (χ3n) is 2.90. The molecule has 0 fully saturated rings. The van der Waals surface area contributed by atoms with Crippen molar-refractivity contribution >= 4 is 17.2 Å². The van der Waals surface area contributed by atoms with Gasteiger partial charge in [0, 0.05) is 19.0 Å². The number of carbonyl (C=O) groups excluding carboxylic acids is 1. The molecular weight excluding hydrogens is 272 g/mol. The highest BCUT2D eigenvalue weighted by atomic mass is 32.1. The van der Waals surface area contributed by atoms with Gasteiger partial charge in [0.05, 0.1) is 23.7 Å². The molecule has 0 saturated carbocycles. The van der Waals surface area contributed by atoms with Gasteiger partial charge in [-0.1, -0.05) is 24.3 Å². The Morgan fingerprint density at radius 2 is 2.10 bits per heavy atom. The number of aromatic nitrogens is 1. The van der Waals surface area contributed by atoms with Crippen molar-refractivity contribution in [3.63, 3.8) is 0 Å². The third-order valence-corrected chi connectivity index (χ3v) is 3.72. The Bertz CT molecular complexity index is 581. The van der Waals surface area contributed by atoms with E-state index >= 15 is 0 Å². The first-order valence-corrected chi connectivity index (χ1v) is 7.30. The van der Waals surface area contributed by atoms with Crippen LogP contribution in [0.25, 0.3) is 0 Å². The molecule has 0 atom stereocenters. The highest BCUT2D eigenvalue weighted by molar-refractivity contribution is 7.09. The van der Waals surface area contributed by atoms with Gasteiger partial charge in [0.25, 0.3) is 0 Å². The lowest BCUT2D eigenvalue weighted by Crippen LogP contribution is -2.25. The van der Waals surface area contributed by atoms with Gasteiger partial charge < -0.3 is 10.1 Å². The van der Waals surface area contributed by atoms with E-state index < -0.39 is 0 Å². The first-order valence-electron chi connectivity index (χ1n) is 6.42. The van der Waals surface area contributed by atoms with Crippen LogP contribution in [0.4, 0.5) is 0 Å². The summed E-state index contributed by atoms with van der Waals surface area (Å²) < 4.78 is 5.15. The zero-order valence-corrected chi connectivity index (χ0v) is 12.5. The molecule has 0 aliphatic rings. The van der Waals surface area contributed by atoms with Crippen LogP contribution in [0.5, 0.6) is 0 Å². The molecule has 1 aromatic carbocycles.